The number of ether oxygens (including phenoxy) is 2. The minimum absolute atomic E-state index is 0.0173. The zero-order chi connectivity index (χ0) is 30.2. The highest BCUT2D eigenvalue weighted by Crippen LogP contribution is 2.36. The first-order valence-electron chi connectivity index (χ1n) is 15.9. The fraction of sp³-hybridized carbons (Fsp3) is 0.594. The summed E-state index contributed by atoms with van der Waals surface area (Å²) in [4.78, 5) is 43.9. The van der Waals surface area contributed by atoms with Gasteiger partial charge in [0.25, 0.3) is 0 Å². The fourth-order valence-corrected chi connectivity index (χ4v) is 7.91. The number of amides is 2. The van der Waals surface area contributed by atoms with Crippen molar-refractivity contribution in [3.63, 3.8) is 0 Å². The normalized spacial score (nSPS) is 29.2. The van der Waals surface area contributed by atoms with E-state index in [9.17, 15) is 14.7 Å². The van der Waals surface area contributed by atoms with Crippen LogP contribution in [0.15, 0.2) is 30.6 Å². The lowest BCUT2D eigenvalue weighted by molar-refractivity contribution is -0.140. The second kappa shape index (κ2) is 12.8. The van der Waals surface area contributed by atoms with Crippen molar-refractivity contribution in [2.24, 2.45) is 11.8 Å². The van der Waals surface area contributed by atoms with E-state index in [1.54, 1.807) is 12.4 Å². The predicted octanol–water partition coefficient (Wildman–Crippen LogP) is 3.47. The van der Waals surface area contributed by atoms with Crippen molar-refractivity contribution in [2.75, 3.05) is 38.2 Å². The van der Waals surface area contributed by atoms with Crippen LogP contribution in [-0.2, 0) is 25.7 Å². The molecule has 4 aliphatic rings. The molecule has 1 aromatic carbocycles. The van der Waals surface area contributed by atoms with Crippen LogP contribution in [0.1, 0.15) is 51.3 Å². The van der Waals surface area contributed by atoms with Gasteiger partial charge in [-0.15, -0.1) is 0 Å². The molecule has 3 aromatic rings. The number of nitrogens with one attached hydrogen (secondary N) is 1. The molecule has 7 rings (SSSR count). The maximum atomic E-state index is 13.1. The number of hydrogen-bond donors (Lipinski definition) is 2. The van der Waals surface area contributed by atoms with Gasteiger partial charge in [-0.2, -0.15) is 0 Å². The monoisotopic (exact) mass is 620 g/mol. The van der Waals surface area contributed by atoms with Crippen molar-refractivity contribution in [2.45, 2.75) is 76.3 Å². The summed E-state index contributed by atoms with van der Waals surface area (Å²) >= 11 is 1.47. The molecule has 2 saturated carbocycles. The molecule has 4 atom stereocenters. The van der Waals surface area contributed by atoms with Crippen molar-refractivity contribution < 1.29 is 24.2 Å². The molecule has 234 valence electrons. The first-order chi connectivity index (χ1) is 21.4. The Morgan fingerprint density at radius 3 is 2.68 bits per heavy atom. The highest BCUT2D eigenvalue weighted by Gasteiger charge is 2.42. The molecular formula is C32H40N6O5S. The molecule has 2 saturated heterocycles. The number of carbonyl (C=O) groups excluding carboxylic acids is 2. The summed E-state index contributed by atoms with van der Waals surface area (Å²) in [6.45, 7) is 6.05. The SMILES string of the molecule is C[C@H]1CN(C(=O)[C@@H]2CCOC2)CCN1[C@H]1C[C@@H](C(=O)Nc2nc3ccc(-c4cnc(CO[C@H]5CCC[C@@H]5O)nc4)cc3s2)C1. The van der Waals surface area contributed by atoms with Gasteiger partial charge in [-0.3, -0.25) is 14.5 Å². The maximum absolute atomic E-state index is 13.1. The number of hydrogen-bond acceptors (Lipinski definition) is 10. The van der Waals surface area contributed by atoms with E-state index in [1.807, 2.05) is 17.0 Å². The third-order valence-electron chi connectivity index (χ3n) is 9.72. The zero-order valence-corrected chi connectivity index (χ0v) is 25.9. The molecule has 2 aliphatic heterocycles. The molecule has 44 heavy (non-hydrogen) atoms. The van der Waals surface area contributed by atoms with E-state index in [2.05, 4.69) is 38.2 Å². The van der Waals surface area contributed by atoms with Crippen LogP contribution in [0.4, 0.5) is 5.13 Å². The Morgan fingerprint density at radius 1 is 1.11 bits per heavy atom. The number of piperazine rings is 1. The van der Waals surface area contributed by atoms with E-state index < -0.39 is 6.10 Å². The number of thiazole rings is 1. The van der Waals surface area contributed by atoms with Gasteiger partial charge in [0.05, 0.1) is 34.9 Å². The van der Waals surface area contributed by atoms with Crippen molar-refractivity contribution in [3.05, 3.63) is 36.4 Å². The Bertz CT molecular complexity index is 1490. The molecule has 2 amide bonds. The minimum Gasteiger partial charge on any atom is -0.390 e. The highest BCUT2D eigenvalue weighted by atomic mass is 32.1. The molecule has 0 bridgehead atoms. The van der Waals surface area contributed by atoms with Gasteiger partial charge >= 0.3 is 0 Å². The van der Waals surface area contributed by atoms with Crippen LogP contribution in [0.3, 0.4) is 0 Å². The zero-order valence-electron chi connectivity index (χ0n) is 25.1. The summed E-state index contributed by atoms with van der Waals surface area (Å²) in [5, 5.41) is 13.6. The number of fused-ring (bicyclic) bond motifs is 1. The largest absolute Gasteiger partial charge is 0.390 e. The van der Waals surface area contributed by atoms with Crippen LogP contribution in [0, 0.1) is 11.8 Å². The Labute approximate surface area is 261 Å². The van der Waals surface area contributed by atoms with Crippen molar-refractivity contribution >= 4 is 38.5 Å². The molecule has 2 N–H and O–H groups in total. The molecule has 4 heterocycles. The van der Waals surface area contributed by atoms with E-state index in [0.717, 1.165) is 79.5 Å². The van der Waals surface area contributed by atoms with Crippen molar-refractivity contribution in [1.29, 1.82) is 0 Å². The molecular weight excluding hydrogens is 580 g/mol. The lowest BCUT2D eigenvalue weighted by Gasteiger charge is -2.49. The summed E-state index contributed by atoms with van der Waals surface area (Å²) in [5.74, 6) is 0.845. The highest BCUT2D eigenvalue weighted by molar-refractivity contribution is 7.22. The van der Waals surface area contributed by atoms with Crippen LogP contribution in [0.25, 0.3) is 21.3 Å². The Hall–Kier alpha value is -3.03. The molecule has 2 aliphatic carbocycles. The van der Waals surface area contributed by atoms with Gasteiger partial charge in [0.1, 0.15) is 6.61 Å². The van der Waals surface area contributed by atoms with Crippen LogP contribution in [-0.4, -0.2) is 98.8 Å². The fourth-order valence-electron chi connectivity index (χ4n) is 7.00. The summed E-state index contributed by atoms with van der Waals surface area (Å²) in [5.41, 5.74) is 2.71. The number of nitrogens with zero attached hydrogens (tertiary/aromatic N) is 5. The first-order valence-corrected chi connectivity index (χ1v) is 16.7. The maximum Gasteiger partial charge on any atom is 0.229 e. The Morgan fingerprint density at radius 2 is 1.95 bits per heavy atom. The van der Waals surface area contributed by atoms with E-state index in [0.29, 0.717) is 30.2 Å². The third kappa shape index (κ3) is 6.23. The Balaban J connectivity index is 0.900. The van der Waals surface area contributed by atoms with Crippen molar-refractivity contribution in [1.82, 2.24) is 24.8 Å². The average Bonchev–Trinajstić information content (AvgIpc) is 3.77. The van der Waals surface area contributed by atoms with Gasteiger partial charge in [-0.25, -0.2) is 15.0 Å². The molecule has 0 unspecified atom stereocenters. The smallest absolute Gasteiger partial charge is 0.229 e. The van der Waals surface area contributed by atoms with Crippen LogP contribution in [0.2, 0.25) is 0 Å². The van der Waals surface area contributed by atoms with E-state index in [1.165, 1.54) is 11.3 Å². The minimum atomic E-state index is -0.396. The molecule has 0 radical (unpaired) electrons. The standard InChI is InChI=1S/C32H40N6O5S/c1-19-16-37(31(41)21-7-10-42-17-21)8-9-38(19)24-11-22(12-24)30(40)36-32-35-25-6-5-20(13-28(25)44-32)23-14-33-29(34-15-23)18-43-27-4-2-3-26(27)39/h5-6,13-15,19,21-22,24,26-27,39H,2-4,7-12,16-18H2,1H3,(H,35,36,40)/t19-,21+,22-,24+,26-,27-/m0/s1. The summed E-state index contributed by atoms with van der Waals surface area (Å²) in [6, 6.07) is 6.66. The second-order valence-electron chi connectivity index (χ2n) is 12.7. The van der Waals surface area contributed by atoms with Gasteiger partial charge in [-0.05, 0) is 63.1 Å². The number of benzene rings is 1. The quantitative estimate of drug-likeness (QED) is 0.389. The Kier molecular flexibility index (Phi) is 8.60. The molecule has 12 heteroatoms. The number of carbonyl (C=O) groups is 2. The molecule has 0 spiro atoms. The van der Waals surface area contributed by atoms with E-state index in [4.69, 9.17) is 9.47 Å². The number of anilines is 1. The lowest BCUT2D eigenvalue weighted by Crippen LogP contribution is -2.60. The van der Waals surface area contributed by atoms with E-state index >= 15 is 0 Å². The first kappa shape index (κ1) is 29.7. The molecule has 4 fully saturated rings. The van der Waals surface area contributed by atoms with E-state index in [-0.39, 0.29) is 42.4 Å². The average molecular weight is 621 g/mol. The van der Waals surface area contributed by atoms with Gasteiger partial charge < -0.3 is 24.8 Å². The number of aliphatic hydroxyl groups excluding tert-OH is 1. The second-order valence-corrected chi connectivity index (χ2v) is 13.7. The van der Waals surface area contributed by atoms with Gasteiger partial charge in [0.2, 0.25) is 11.8 Å². The van der Waals surface area contributed by atoms with Crippen LogP contribution in [0.5, 0.6) is 0 Å². The van der Waals surface area contributed by atoms with Crippen LogP contribution >= 0.6 is 11.3 Å². The third-order valence-corrected chi connectivity index (χ3v) is 10.7. The predicted molar refractivity (Wildman–Crippen MR) is 166 cm³/mol. The number of aromatic nitrogens is 3. The van der Waals surface area contributed by atoms with Gasteiger partial charge in [0.15, 0.2) is 11.0 Å². The summed E-state index contributed by atoms with van der Waals surface area (Å²) < 4.78 is 12.2. The molecule has 2 aromatic heterocycles. The van der Waals surface area contributed by atoms with Crippen LogP contribution < -0.4 is 5.32 Å². The number of aliphatic hydroxyl groups is 1. The molecule has 11 nitrogen and oxygen atoms in total. The summed E-state index contributed by atoms with van der Waals surface area (Å²) in [7, 11) is 0. The van der Waals surface area contributed by atoms with Gasteiger partial charge in [0, 0.05) is 62.2 Å². The van der Waals surface area contributed by atoms with Gasteiger partial charge in [-0.1, -0.05) is 17.4 Å². The lowest BCUT2D eigenvalue weighted by atomic mass is 9.78. The number of rotatable bonds is 8. The summed E-state index contributed by atoms with van der Waals surface area (Å²) in [6.07, 6.45) is 8.19. The van der Waals surface area contributed by atoms with Crippen molar-refractivity contribution in [3.8, 4) is 11.1 Å². The topological polar surface area (TPSA) is 130 Å².